The van der Waals surface area contributed by atoms with Crippen LogP contribution in [0.3, 0.4) is 0 Å². The lowest BCUT2D eigenvalue weighted by molar-refractivity contribution is -0.130. The van der Waals surface area contributed by atoms with E-state index in [4.69, 9.17) is 0 Å². The Bertz CT molecular complexity index is 479. The molecule has 1 aromatic rings. The second-order valence-corrected chi connectivity index (χ2v) is 4.71. The van der Waals surface area contributed by atoms with Crippen LogP contribution in [0.2, 0.25) is 0 Å². The Morgan fingerprint density at radius 1 is 1.26 bits per heavy atom. The molecule has 1 aliphatic rings. The number of carbonyl (C=O) groups is 1. The molecule has 1 amide bonds. The smallest absolute Gasteiger partial charge is 0.241 e. The molecular formula is C14H18F2N2O. The molecule has 0 spiro atoms. The van der Waals surface area contributed by atoms with E-state index in [1.807, 2.05) is 13.8 Å². The molecule has 0 bridgehead atoms. The summed E-state index contributed by atoms with van der Waals surface area (Å²) in [6.45, 7) is 4.42. The van der Waals surface area contributed by atoms with Gasteiger partial charge in [0, 0.05) is 6.54 Å². The van der Waals surface area contributed by atoms with E-state index in [1.54, 1.807) is 4.90 Å². The van der Waals surface area contributed by atoms with Crippen molar-refractivity contribution in [1.82, 2.24) is 10.2 Å². The van der Waals surface area contributed by atoms with Gasteiger partial charge >= 0.3 is 0 Å². The van der Waals surface area contributed by atoms with Crippen LogP contribution >= 0.6 is 0 Å². The number of amides is 1. The van der Waals surface area contributed by atoms with Gasteiger partial charge < -0.3 is 4.90 Å². The summed E-state index contributed by atoms with van der Waals surface area (Å²) in [6, 6.07) is 3.53. The molecule has 1 aliphatic heterocycles. The fourth-order valence-corrected chi connectivity index (χ4v) is 2.47. The highest BCUT2D eigenvalue weighted by molar-refractivity contribution is 5.84. The van der Waals surface area contributed by atoms with Gasteiger partial charge in [0.2, 0.25) is 5.91 Å². The molecule has 5 heteroatoms. The Morgan fingerprint density at radius 3 is 2.58 bits per heavy atom. The standard InChI is InChI=1S/C14H18F2N2O/c1-3-5-12-14(19)18(4-2)13(17-12)9-6-7-10(15)11(16)8-9/h6-8,12-13,17H,3-5H2,1-2H3. The molecule has 0 aromatic heterocycles. The Kier molecular flexibility index (Phi) is 4.14. The predicted molar refractivity (Wildman–Crippen MR) is 68.3 cm³/mol. The maximum atomic E-state index is 13.3. The number of rotatable bonds is 4. The van der Waals surface area contributed by atoms with E-state index in [9.17, 15) is 13.6 Å². The van der Waals surface area contributed by atoms with E-state index in [-0.39, 0.29) is 18.1 Å². The molecule has 2 rings (SSSR count). The number of benzene rings is 1. The Morgan fingerprint density at radius 2 is 2.00 bits per heavy atom. The summed E-state index contributed by atoms with van der Waals surface area (Å²) in [5.74, 6) is -1.73. The molecule has 2 unspecified atom stereocenters. The first-order valence-corrected chi connectivity index (χ1v) is 6.60. The second kappa shape index (κ2) is 5.65. The molecule has 19 heavy (non-hydrogen) atoms. The fourth-order valence-electron chi connectivity index (χ4n) is 2.47. The van der Waals surface area contributed by atoms with Crippen LogP contribution < -0.4 is 5.32 Å². The van der Waals surface area contributed by atoms with Crippen LogP contribution in [-0.2, 0) is 4.79 Å². The lowest BCUT2D eigenvalue weighted by Gasteiger charge is -2.22. The molecule has 1 saturated heterocycles. The molecule has 3 nitrogen and oxygen atoms in total. The van der Waals surface area contributed by atoms with Crippen LogP contribution in [0.15, 0.2) is 18.2 Å². The highest BCUT2D eigenvalue weighted by Gasteiger charge is 2.38. The zero-order valence-corrected chi connectivity index (χ0v) is 11.1. The molecule has 0 saturated carbocycles. The number of hydrogen-bond acceptors (Lipinski definition) is 2. The van der Waals surface area contributed by atoms with Crippen LogP contribution in [0.4, 0.5) is 8.78 Å². The van der Waals surface area contributed by atoms with Crippen molar-refractivity contribution in [3.8, 4) is 0 Å². The van der Waals surface area contributed by atoms with Crippen LogP contribution in [0.25, 0.3) is 0 Å². The van der Waals surface area contributed by atoms with Gasteiger partial charge in [-0.05, 0) is 31.0 Å². The molecule has 1 N–H and O–H groups in total. The number of nitrogens with one attached hydrogen (secondary N) is 1. The van der Waals surface area contributed by atoms with Gasteiger partial charge in [-0.25, -0.2) is 8.78 Å². The van der Waals surface area contributed by atoms with Gasteiger partial charge in [-0.2, -0.15) is 0 Å². The largest absolute Gasteiger partial charge is 0.322 e. The molecule has 1 fully saturated rings. The van der Waals surface area contributed by atoms with Crippen LogP contribution in [0, 0.1) is 11.6 Å². The average molecular weight is 268 g/mol. The van der Waals surface area contributed by atoms with Crippen molar-refractivity contribution < 1.29 is 13.6 Å². The van der Waals surface area contributed by atoms with Crippen molar-refractivity contribution in [2.75, 3.05) is 6.54 Å². The van der Waals surface area contributed by atoms with Crippen LogP contribution in [0.5, 0.6) is 0 Å². The minimum absolute atomic E-state index is 0.0269. The topological polar surface area (TPSA) is 32.3 Å². The first-order valence-electron chi connectivity index (χ1n) is 6.60. The van der Waals surface area contributed by atoms with Crippen molar-refractivity contribution in [3.63, 3.8) is 0 Å². The number of carbonyl (C=O) groups excluding carboxylic acids is 1. The highest BCUT2D eigenvalue weighted by Crippen LogP contribution is 2.27. The van der Waals surface area contributed by atoms with Crippen molar-refractivity contribution in [2.24, 2.45) is 0 Å². The molecule has 2 atom stereocenters. The minimum atomic E-state index is -0.887. The monoisotopic (exact) mass is 268 g/mol. The second-order valence-electron chi connectivity index (χ2n) is 4.71. The third-order valence-corrected chi connectivity index (χ3v) is 3.43. The van der Waals surface area contributed by atoms with Gasteiger partial charge in [-0.1, -0.05) is 19.4 Å². The van der Waals surface area contributed by atoms with Crippen molar-refractivity contribution in [2.45, 2.75) is 38.9 Å². The summed E-state index contributed by atoms with van der Waals surface area (Å²) in [6.07, 6.45) is 1.27. The molecule has 1 aromatic carbocycles. The highest BCUT2D eigenvalue weighted by atomic mass is 19.2. The number of nitrogens with zero attached hydrogens (tertiary/aromatic N) is 1. The zero-order valence-electron chi connectivity index (χ0n) is 11.1. The van der Waals surface area contributed by atoms with Gasteiger partial charge in [-0.3, -0.25) is 10.1 Å². The zero-order chi connectivity index (χ0) is 14.0. The van der Waals surface area contributed by atoms with Crippen molar-refractivity contribution >= 4 is 5.91 Å². The van der Waals surface area contributed by atoms with Gasteiger partial charge in [0.05, 0.1) is 6.04 Å². The number of likely N-dealkylation sites (N-methyl/N-ethyl adjacent to an activating group) is 1. The lowest BCUT2D eigenvalue weighted by atomic mass is 10.1. The minimum Gasteiger partial charge on any atom is -0.322 e. The van der Waals surface area contributed by atoms with Crippen LogP contribution in [0.1, 0.15) is 38.4 Å². The quantitative estimate of drug-likeness (QED) is 0.910. The van der Waals surface area contributed by atoms with E-state index < -0.39 is 11.6 Å². The van der Waals surface area contributed by atoms with Gasteiger partial charge in [0.25, 0.3) is 0 Å². The maximum absolute atomic E-state index is 13.3. The summed E-state index contributed by atoms with van der Waals surface area (Å²) < 4.78 is 26.3. The summed E-state index contributed by atoms with van der Waals surface area (Å²) in [4.78, 5) is 13.8. The van der Waals surface area contributed by atoms with Gasteiger partial charge in [0.1, 0.15) is 6.17 Å². The molecular weight excluding hydrogens is 250 g/mol. The summed E-state index contributed by atoms with van der Waals surface area (Å²) >= 11 is 0. The van der Waals surface area contributed by atoms with E-state index in [0.29, 0.717) is 12.1 Å². The third kappa shape index (κ3) is 2.61. The van der Waals surface area contributed by atoms with Gasteiger partial charge in [-0.15, -0.1) is 0 Å². The van der Waals surface area contributed by atoms with E-state index in [1.165, 1.54) is 6.07 Å². The summed E-state index contributed by atoms with van der Waals surface area (Å²) in [5.41, 5.74) is 0.577. The Hall–Kier alpha value is -1.49. The third-order valence-electron chi connectivity index (χ3n) is 3.43. The maximum Gasteiger partial charge on any atom is 0.241 e. The fraction of sp³-hybridized carbons (Fsp3) is 0.500. The normalized spacial score (nSPS) is 23.2. The van der Waals surface area contributed by atoms with Crippen molar-refractivity contribution in [3.05, 3.63) is 35.4 Å². The molecule has 104 valence electrons. The molecule has 1 heterocycles. The average Bonchev–Trinajstić information content (AvgIpc) is 2.70. The van der Waals surface area contributed by atoms with E-state index in [2.05, 4.69) is 5.32 Å². The summed E-state index contributed by atoms with van der Waals surface area (Å²) in [5, 5.41) is 3.19. The SMILES string of the molecule is CCCC1NC(c2ccc(F)c(F)c2)N(CC)C1=O. The molecule has 0 aliphatic carbocycles. The number of hydrogen-bond donors (Lipinski definition) is 1. The summed E-state index contributed by atoms with van der Waals surface area (Å²) in [7, 11) is 0. The van der Waals surface area contributed by atoms with E-state index in [0.717, 1.165) is 25.0 Å². The Labute approximate surface area is 111 Å². The van der Waals surface area contributed by atoms with Gasteiger partial charge in [0.15, 0.2) is 11.6 Å². The predicted octanol–water partition coefficient (Wildman–Crippen LogP) is 2.58. The first-order chi connectivity index (χ1) is 9.08. The van der Waals surface area contributed by atoms with E-state index >= 15 is 0 Å². The molecule has 0 radical (unpaired) electrons. The van der Waals surface area contributed by atoms with Crippen LogP contribution in [-0.4, -0.2) is 23.4 Å². The number of halogens is 2. The van der Waals surface area contributed by atoms with Crippen molar-refractivity contribution in [1.29, 1.82) is 0 Å². The Balaban J connectivity index is 2.27. The lowest BCUT2D eigenvalue weighted by Crippen LogP contribution is -2.30. The first kappa shape index (κ1) is 13.9.